The van der Waals surface area contributed by atoms with Crippen molar-refractivity contribution >= 4 is 0 Å². The normalized spacial score (nSPS) is 19.3. The summed E-state index contributed by atoms with van der Waals surface area (Å²) in [5.74, 6) is 0. The lowest BCUT2D eigenvalue weighted by molar-refractivity contribution is 0.0897. The van der Waals surface area contributed by atoms with Crippen LogP contribution in [-0.4, -0.2) is 59.1 Å². The Hall–Kier alpha value is -1.01. The SMILES string of the molecule is Cc1[nH]ncc1CN1CCCN(CC(F)F)CC1. The van der Waals surface area contributed by atoms with Crippen molar-refractivity contribution in [3.05, 3.63) is 17.5 Å². The number of H-pyrrole nitrogens is 1. The fourth-order valence-corrected chi connectivity index (χ4v) is 2.34. The van der Waals surface area contributed by atoms with Crippen LogP contribution in [0.2, 0.25) is 0 Å². The second-order valence-electron chi connectivity index (χ2n) is 4.84. The number of rotatable bonds is 4. The number of aryl methyl sites for hydroxylation is 1. The maximum atomic E-state index is 12.3. The number of aromatic nitrogens is 2. The minimum atomic E-state index is -2.23. The summed E-state index contributed by atoms with van der Waals surface area (Å²) >= 11 is 0. The monoisotopic (exact) mass is 258 g/mol. The second-order valence-corrected chi connectivity index (χ2v) is 4.84. The molecule has 0 unspecified atom stereocenters. The number of hydrogen-bond acceptors (Lipinski definition) is 3. The molecule has 2 rings (SSSR count). The fourth-order valence-electron chi connectivity index (χ4n) is 2.34. The number of alkyl halides is 2. The second kappa shape index (κ2) is 6.24. The zero-order valence-electron chi connectivity index (χ0n) is 10.7. The van der Waals surface area contributed by atoms with E-state index in [0.717, 1.165) is 44.8 Å². The standard InChI is InChI=1S/C12H20F2N4/c1-10-11(7-15-16-10)8-17-3-2-4-18(6-5-17)9-12(13)14/h7,12H,2-6,8-9H2,1H3,(H,15,16). The van der Waals surface area contributed by atoms with Gasteiger partial charge in [-0.3, -0.25) is 14.9 Å². The first kappa shape index (κ1) is 13.4. The molecule has 1 aliphatic heterocycles. The van der Waals surface area contributed by atoms with Crippen molar-refractivity contribution in [3.63, 3.8) is 0 Å². The number of halogens is 2. The Morgan fingerprint density at radius 2 is 2.00 bits per heavy atom. The molecule has 2 heterocycles. The van der Waals surface area contributed by atoms with Gasteiger partial charge in [-0.05, 0) is 26.4 Å². The lowest BCUT2D eigenvalue weighted by Gasteiger charge is -2.21. The molecule has 1 aromatic heterocycles. The minimum Gasteiger partial charge on any atom is -0.298 e. The number of nitrogens with one attached hydrogen (secondary N) is 1. The maximum Gasteiger partial charge on any atom is 0.251 e. The van der Waals surface area contributed by atoms with Crippen molar-refractivity contribution in [2.75, 3.05) is 32.7 Å². The summed E-state index contributed by atoms with van der Waals surface area (Å²) in [4.78, 5) is 4.16. The van der Waals surface area contributed by atoms with Gasteiger partial charge in [0.1, 0.15) is 0 Å². The maximum absolute atomic E-state index is 12.3. The van der Waals surface area contributed by atoms with Gasteiger partial charge in [0.05, 0.1) is 12.7 Å². The van der Waals surface area contributed by atoms with E-state index >= 15 is 0 Å². The van der Waals surface area contributed by atoms with Crippen LogP contribution in [-0.2, 0) is 6.54 Å². The Kier molecular flexibility index (Phi) is 4.66. The molecule has 0 radical (unpaired) electrons. The van der Waals surface area contributed by atoms with Gasteiger partial charge in [-0.15, -0.1) is 0 Å². The van der Waals surface area contributed by atoms with Crippen LogP contribution in [0.1, 0.15) is 17.7 Å². The first-order valence-electron chi connectivity index (χ1n) is 6.37. The number of aromatic amines is 1. The van der Waals surface area contributed by atoms with Crippen molar-refractivity contribution in [1.29, 1.82) is 0 Å². The quantitative estimate of drug-likeness (QED) is 0.888. The van der Waals surface area contributed by atoms with E-state index in [9.17, 15) is 8.78 Å². The highest BCUT2D eigenvalue weighted by Crippen LogP contribution is 2.11. The average molecular weight is 258 g/mol. The van der Waals surface area contributed by atoms with Crippen LogP contribution in [0.4, 0.5) is 8.78 Å². The van der Waals surface area contributed by atoms with Crippen molar-refractivity contribution in [2.45, 2.75) is 26.3 Å². The molecule has 1 saturated heterocycles. The Morgan fingerprint density at radius 3 is 2.67 bits per heavy atom. The largest absolute Gasteiger partial charge is 0.298 e. The summed E-state index contributed by atoms with van der Waals surface area (Å²) in [5, 5.41) is 6.93. The van der Waals surface area contributed by atoms with Gasteiger partial charge in [-0.2, -0.15) is 5.10 Å². The third-order valence-electron chi connectivity index (χ3n) is 3.41. The van der Waals surface area contributed by atoms with Gasteiger partial charge in [0, 0.05) is 30.9 Å². The van der Waals surface area contributed by atoms with Gasteiger partial charge in [-0.25, -0.2) is 8.78 Å². The summed E-state index contributed by atoms with van der Waals surface area (Å²) in [7, 11) is 0. The molecule has 18 heavy (non-hydrogen) atoms. The van der Waals surface area contributed by atoms with E-state index in [0.29, 0.717) is 0 Å². The van der Waals surface area contributed by atoms with E-state index in [2.05, 4.69) is 15.1 Å². The zero-order chi connectivity index (χ0) is 13.0. The molecule has 0 aromatic carbocycles. The lowest BCUT2D eigenvalue weighted by Crippen LogP contribution is -2.33. The van der Waals surface area contributed by atoms with Crippen LogP contribution in [0.25, 0.3) is 0 Å². The summed E-state index contributed by atoms with van der Waals surface area (Å²) < 4.78 is 24.7. The predicted molar refractivity (Wildman–Crippen MR) is 65.7 cm³/mol. The van der Waals surface area contributed by atoms with Crippen LogP contribution >= 0.6 is 0 Å². The first-order valence-corrected chi connectivity index (χ1v) is 6.37. The molecule has 1 aromatic rings. The van der Waals surface area contributed by atoms with Crippen LogP contribution in [0.3, 0.4) is 0 Å². The lowest BCUT2D eigenvalue weighted by atomic mass is 10.2. The molecular formula is C12H20F2N4. The molecule has 0 spiro atoms. The summed E-state index contributed by atoms with van der Waals surface area (Å²) in [6, 6.07) is 0. The van der Waals surface area contributed by atoms with Gasteiger partial charge in [0.25, 0.3) is 6.43 Å². The Balaban J connectivity index is 1.84. The predicted octanol–water partition coefficient (Wildman–Crippen LogP) is 1.49. The molecule has 102 valence electrons. The molecule has 1 N–H and O–H groups in total. The summed E-state index contributed by atoms with van der Waals surface area (Å²) in [6.45, 7) is 6.06. The Labute approximate surface area is 106 Å². The molecule has 0 aliphatic carbocycles. The molecule has 6 heteroatoms. The van der Waals surface area contributed by atoms with Crippen LogP contribution in [0, 0.1) is 6.92 Å². The number of nitrogens with zero attached hydrogens (tertiary/aromatic N) is 3. The van der Waals surface area contributed by atoms with Gasteiger partial charge in [0.2, 0.25) is 0 Å². The topological polar surface area (TPSA) is 35.2 Å². The molecule has 0 bridgehead atoms. The van der Waals surface area contributed by atoms with E-state index in [1.807, 2.05) is 18.0 Å². The van der Waals surface area contributed by atoms with E-state index in [1.165, 1.54) is 5.56 Å². The first-order chi connectivity index (χ1) is 8.65. The van der Waals surface area contributed by atoms with Crippen molar-refractivity contribution in [1.82, 2.24) is 20.0 Å². The molecule has 0 saturated carbocycles. The Bertz CT molecular complexity index is 367. The average Bonchev–Trinajstić information content (AvgIpc) is 2.58. The smallest absolute Gasteiger partial charge is 0.251 e. The van der Waals surface area contributed by atoms with E-state index < -0.39 is 6.43 Å². The van der Waals surface area contributed by atoms with E-state index in [1.54, 1.807) is 0 Å². The van der Waals surface area contributed by atoms with E-state index in [4.69, 9.17) is 0 Å². The zero-order valence-corrected chi connectivity index (χ0v) is 10.7. The van der Waals surface area contributed by atoms with E-state index in [-0.39, 0.29) is 6.54 Å². The third kappa shape index (κ3) is 3.74. The summed E-state index contributed by atoms with van der Waals surface area (Å²) in [5.41, 5.74) is 2.28. The molecule has 0 amide bonds. The number of hydrogen-bond donors (Lipinski definition) is 1. The summed E-state index contributed by atoms with van der Waals surface area (Å²) in [6.07, 6.45) is 0.563. The van der Waals surface area contributed by atoms with Gasteiger partial charge in [0.15, 0.2) is 0 Å². The van der Waals surface area contributed by atoms with Gasteiger partial charge >= 0.3 is 0 Å². The highest BCUT2D eigenvalue weighted by molar-refractivity contribution is 5.14. The molecular weight excluding hydrogens is 238 g/mol. The van der Waals surface area contributed by atoms with Crippen LogP contribution in [0.5, 0.6) is 0 Å². The highest BCUT2D eigenvalue weighted by atomic mass is 19.3. The van der Waals surface area contributed by atoms with Gasteiger partial charge in [-0.1, -0.05) is 0 Å². The van der Waals surface area contributed by atoms with Gasteiger partial charge < -0.3 is 0 Å². The molecule has 4 nitrogen and oxygen atoms in total. The minimum absolute atomic E-state index is 0.0986. The van der Waals surface area contributed by atoms with Crippen molar-refractivity contribution < 1.29 is 8.78 Å². The van der Waals surface area contributed by atoms with Crippen molar-refractivity contribution in [2.24, 2.45) is 0 Å². The molecule has 1 fully saturated rings. The van der Waals surface area contributed by atoms with Crippen molar-refractivity contribution in [3.8, 4) is 0 Å². The Morgan fingerprint density at radius 1 is 1.28 bits per heavy atom. The van der Waals surface area contributed by atoms with Crippen LogP contribution in [0.15, 0.2) is 6.20 Å². The highest BCUT2D eigenvalue weighted by Gasteiger charge is 2.18. The fraction of sp³-hybridized carbons (Fsp3) is 0.750. The molecule has 1 aliphatic rings. The third-order valence-corrected chi connectivity index (χ3v) is 3.41. The van der Waals surface area contributed by atoms with Crippen LogP contribution < -0.4 is 0 Å². The molecule has 0 atom stereocenters.